The average molecular weight is 368 g/mol. The van der Waals surface area contributed by atoms with E-state index >= 15 is 0 Å². The molecule has 4 rings (SSSR count). The van der Waals surface area contributed by atoms with E-state index in [2.05, 4.69) is 43.6 Å². The smallest absolute Gasteiger partial charge is 0.225 e. The Balaban J connectivity index is 1.63. The molecule has 0 fully saturated rings. The van der Waals surface area contributed by atoms with Crippen molar-refractivity contribution in [1.29, 1.82) is 0 Å². The highest BCUT2D eigenvalue weighted by molar-refractivity contribution is 7.13. The van der Waals surface area contributed by atoms with E-state index in [9.17, 15) is 0 Å². The molecule has 0 bridgehead atoms. The predicted octanol–water partition coefficient (Wildman–Crippen LogP) is 4.64. The number of nitrogens with one attached hydrogen (secondary N) is 1. The molecule has 2 aromatic carbocycles. The van der Waals surface area contributed by atoms with Crippen LogP contribution in [0.15, 0.2) is 65.3 Å². The zero-order valence-electron chi connectivity index (χ0n) is 13.1. The molecule has 25 heavy (non-hydrogen) atoms. The summed E-state index contributed by atoms with van der Waals surface area (Å²) in [6.45, 7) is 0.773. The van der Waals surface area contributed by atoms with Crippen LogP contribution in [0.5, 0.6) is 0 Å². The van der Waals surface area contributed by atoms with Crippen molar-refractivity contribution < 1.29 is 0 Å². The zero-order chi connectivity index (χ0) is 17.1. The summed E-state index contributed by atoms with van der Waals surface area (Å²) in [5, 5.41) is 14.5. The summed E-state index contributed by atoms with van der Waals surface area (Å²) >= 11 is 7.38. The number of para-hydroxylation sites is 1. The van der Waals surface area contributed by atoms with Gasteiger partial charge in [0, 0.05) is 34.2 Å². The van der Waals surface area contributed by atoms with E-state index in [1.165, 1.54) is 16.9 Å². The van der Waals surface area contributed by atoms with Crippen molar-refractivity contribution in [1.82, 2.24) is 14.8 Å². The molecule has 0 aliphatic rings. The summed E-state index contributed by atoms with van der Waals surface area (Å²) in [6, 6.07) is 16.2. The maximum absolute atomic E-state index is 5.97. The summed E-state index contributed by atoms with van der Waals surface area (Å²) < 4.78 is 2.21. The Bertz CT molecular complexity index is 1010. The molecule has 2 aromatic heterocycles. The summed E-state index contributed by atoms with van der Waals surface area (Å²) in [6.07, 6.45) is 3.91. The first-order valence-corrected chi connectivity index (χ1v) is 8.93. The molecule has 0 spiro atoms. The monoisotopic (exact) mass is 367 g/mol. The van der Waals surface area contributed by atoms with Crippen molar-refractivity contribution in [3.63, 3.8) is 0 Å². The quantitative estimate of drug-likeness (QED) is 0.413. The molecule has 0 unspecified atom stereocenters. The number of anilines is 1. The molecule has 0 atom stereocenters. The van der Waals surface area contributed by atoms with Gasteiger partial charge < -0.3 is 4.57 Å². The number of hydrazone groups is 1. The number of rotatable bonds is 5. The second-order valence-corrected chi connectivity index (χ2v) is 6.74. The second-order valence-electron chi connectivity index (χ2n) is 5.47. The molecule has 0 radical (unpaired) electrons. The third-order valence-corrected chi connectivity index (χ3v) is 4.66. The van der Waals surface area contributed by atoms with Gasteiger partial charge in [0.1, 0.15) is 5.51 Å². The van der Waals surface area contributed by atoms with Gasteiger partial charge in [-0.15, -0.1) is 10.2 Å². The first-order valence-electron chi connectivity index (χ1n) is 7.67. The molecule has 124 valence electrons. The molecule has 1 N–H and O–H groups in total. The lowest BCUT2D eigenvalue weighted by atomic mass is 10.2. The van der Waals surface area contributed by atoms with Gasteiger partial charge in [0.2, 0.25) is 5.13 Å². The van der Waals surface area contributed by atoms with Gasteiger partial charge in [-0.05, 0) is 23.8 Å². The number of benzene rings is 2. The van der Waals surface area contributed by atoms with Crippen LogP contribution in [-0.2, 0) is 6.54 Å². The Kier molecular flexibility index (Phi) is 4.45. The highest BCUT2D eigenvalue weighted by atomic mass is 35.5. The first kappa shape index (κ1) is 15.8. The van der Waals surface area contributed by atoms with Gasteiger partial charge >= 0.3 is 0 Å². The number of aromatic nitrogens is 3. The van der Waals surface area contributed by atoms with Gasteiger partial charge in [-0.25, -0.2) is 0 Å². The molecular weight excluding hydrogens is 354 g/mol. The van der Waals surface area contributed by atoms with Crippen molar-refractivity contribution in [2.45, 2.75) is 6.54 Å². The summed E-state index contributed by atoms with van der Waals surface area (Å²) in [5.74, 6) is 0. The van der Waals surface area contributed by atoms with Crippen molar-refractivity contribution >= 4 is 45.2 Å². The van der Waals surface area contributed by atoms with Crippen LogP contribution in [0.3, 0.4) is 0 Å². The van der Waals surface area contributed by atoms with Crippen LogP contribution in [0, 0.1) is 0 Å². The van der Waals surface area contributed by atoms with Crippen LogP contribution in [-0.4, -0.2) is 21.0 Å². The summed E-state index contributed by atoms with van der Waals surface area (Å²) in [5.41, 5.74) is 7.96. The molecule has 5 nitrogen and oxygen atoms in total. The molecule has 0 aliphatic carbocycles. The van der Waals surface area contributed by atoms with Crippen LogP contribution in [0.2, 0.25) is 5.02 Å². The van der Waals surface area contributed by atoms with E-state index in [1.54, 1.807) is 5.51 Å². The maximum atomic E-state index is 5.97. The molecule has 0 saturated carbocycles. The Labute approximate surface area is 153 Å². The average Bonchev–Trinajstić information content (AvgIpc) is 3.26. The lowest BCUT2D eigenvalue weighted by molar-refractivity contribution is 0.836. The highest BCUT2D eigenvalue weighted by Gasteiger charge is 2.07. The number of fused-ring (bicyclic) bond motifs is 1. The lowest BCUT2D eigenvalue weighted by Gasteiger charge is -2.05. The van der Waals surface area contributed by atoms with Crippen LogP contribution >= 0.6 is 22.9 Å². The summed E-state index contributed by atoms with van der Waals surface area (Å²) in [7, 11) is 0. The van der Waals surface area contributed by atoms with Gasteiger partial charge in [-0.3, -0.25) is 5.43 Å². The van der Waals surface area contributed by atoms with Crippen molar-refractivity contribution in [2.24, 2.45) is 5.10 Å². The zero-order valence-corrected chi connectivity index (χ0v) is 14.7. The number of halogens is 1. The third kappa shape index (κ3) is 3.55. The molecule has 4 aromatic rings. The highest BCUT2D eigenvalue weighted by Crippen LogP contribution is 2.22. The normalized spacial score (nSPS) is 11.4. The van der Waals surface area contributed by atoms with Crippen LogP contribution in [0.25, 0.3) is 10.9 Å². The molecule has 7 heteroatoms. The van der Waals surface area contributed by atoms with E-state index in [-0.39, 0.29) is 0 Å². The van der Waals surface area contributed by atoms with Gasteiger partial charge in [0.15, 0.2) is 0 Å². The fraction of sp³-hybridized carbons (Fsp3) is 0.0556. The molecule has 0 aliphatic heterocycles. The Hall–Kier alpha value is -2.70. The SMILES string of the molecule is Clc1ccc(Cn2cc(/C=N/Nc3nncs3)c3ccccc32)cc1. The van der Waals surface area contributed by atoms with Crippen LogP contribution < -0.4 is 5.43 Å². The van der Waals surface area contributed by atoms with Crippen molar-refractivity contribution in [3.05, 3.63) is 76.4 Å². The summed E-state index contributed by atoms with van der Waals surface area (Å²) in [4.78, 5) is 0. The minimum atomic E-state index is 0.668. The number of hydrogen-bond acceptors (Lipinski definition) is 5. The third-order valence-electron chi connectivity index (χ3n) is 3.81. The minimum absolute atomic E-state index is 0.668. The Morgan fingerprint density at radius 3 is 2.80 bits per heavy atom. The van der Waals surface area contributed by atoms with Gasteiger partial charge in [0.05, 0.1) is 6.21 Å². The van der Waals surface area contributed by atoms with Gasteiger partial charge in [0.25, 0.3) is 0 Å². The standard InChI is InChI=1S/C18H14ClN5S/c19-15-7-5-13(6-8-15)10-24-11-14(16-3-1-2-4-17(16)24)9-20-22-18-23-21-12-25-18/h1-9,11-12H,10H2,(H,22,23)/b20-9+. The van der Waals surface area contributed by atoms with Crippen LogP contribution in [0.1, 0.15) is 11.1 Å². The fourth-order valence-corrected chi connectivity index (χ4v) is 3.19. The minimum Gasteiger partial charge on any atom is -0.342 e. The number of hydrogen-bond donors (Lipinski definition) is 1. The molecular formula is C18H14ClN5S. The molecule has 0 saturated heterocycles. The van der Waals surface area contributed by atoms with E-state index in [0.29, 0.717) is 5.13 Å². The maximum Gasteiger partial charge on any atom is 0.225 e. The lowest BCUT2D eigenvalue weighted by Crippen LogP contribution is -1.97. The van der Waals surface area contributed by atoms with Gasteiger partial charge in [-0.2, -0.15) is 5.10 Å². The van der Waals surface area contributed by atoms with Crippen molar-refractivity contribution in [3.8, 4) is 0 Å². The second kappa shape index (κ2) is 7.04. The number of nitrogens with zero attached hydrogens (tertiary/aromatic N) is 4. The Morgan fingerprint density at radius 2 is 2.00 bits per heavy atom. The van der Waals surface area contributed by atoms with E-state index in [0.717, 1.165) is 28.0 Å². The molecule has 2 heterocycles. The molecule has 0 amide bonds. The van der Waals surface area contributed by atoms with Gasteiger partial charge in [-0.1, -0.05) is 53.3 Å². The Morgan fingerprint density at radius 1 is 1.16 bits per heavy atom. The van der Waals surface area contributed by atoms with Crippen LogP contribution in [0.4, 0.5) is 5.13 Å². The van der Waals surface area contributed by atoms with E-state index in [4.69, 9.17) is 11.6 Å². The predicted molar refractivity (Wildman–Crippen MR) is 104 cm³/mol. The van der Waals surface area contributed by atoms with E-state index in [1.807, 2.05) is 42.6 Å². The largest absolute Gasteiger partial charge is 0.342 e. The van der Waals surface area contributed by atoms with Crippen molar-refractivity contribution in [2.75, 3.05) is 5.43 Å². The first-order chi connectivity index (χ1) is 12.3. The van der Waals surface area contributed by atoms with E-state index < -0.39 is 0 Å². The topological polar surface area (TPSA) is 55.1 Å². The fourth-order valence-electron chi connectivity index (χ4n) is 2.67.